The van der Waals surface area contributed by atoms with E-state index in [0.29, 0.717) is 29.4 Å². The van der Waals surface area contributed by atoms with Gasteiger partial charge in [-0.25, -0.2) is 12.8 Å². The molecule has 3 aromatic rings. The highest BCUT2D eigenvalue weighted by molar-refractivity contribution is 7.92. The van der Waals surface area contributed by atoms with E-state index in [-0.39, 0.29) is 54.0 Å². The maximum Gasteiger partial charge on any atom is 0.252 e. The third-order valence-electron chi connectivity index (χ3n) is 5.60. The van der Waals surface area contributed by atoms with Crippen molar-refractivity contribution in [1.29, 1.82) is 0 Å². The van der Waals surface area contributed by atoms with Crippen molar-refractivity contribution in [1.82, 2.24) is 9.88 Å². The van der Waals surface area contributed by atoms with Gasteiger partial charge in [-0.15, -0.1) is 0 Å². The molecular formula is C24H29FN4O5S. The Morgan fingerprint density at radius 3 is 2.37 bits per heavy atom. The van der Waals surface area contributed by atoms with Gasteiger partial charge in [-0.05, 0) is 42.2 Å². The minimum Gasteiger partial charge on any atom is -0.441 e. The van der Waals surface area contributed by atoms with Crippen molar-refractivity contribution in [2.24, 2.45) is 5.73 Å². The van der Waals surface area contributed by atoms with Crippen LogP contribution < -0.4 is 10.0 Å². The molecule has 0 aliphatic rings. The molecular weight excluding hydrogens is 475 g/mol. The number of nitrogens with two attached hydrogens (primary N) is 1. The number of fused-ring (bicyclic) bond motifs is 1. The average Bonchev–Trinajstić information content (AvgIpc) is 3.13. The Hall–Kier alpha value is -3.47. The van der Waals surface area contributed by atoms with E-state index in [1.54, 1.807) is 32.3 Å². The van der Waals surface area contributed by atoms with E-state index in [4.69, 9.17) is 10.2 Å². The van der Waals surface area contributed by atoms with Crippen LogP contribution in [0.25, 0.3) is 11.1 Å². The van der Waals surface area contributed by atoms with Gasteiger partial charge in [0.2, 0.25) is 21.6 Å². The lowest BCUT2D eigenvalue weighted by Gasteiger charge is -2.23. The number of halogens is 1. The van der Waals surface area contributed by atoms with Gasteiger partial charge in [-0.3, -0.25) is 13.9 Å². The molecule has 3 rings (SSSR count). The molecule has 9 nitrogen and oxygen atoms in total. The highest BCUT2D eigenvalue weighted by Crippen LogP contribution is 2.32. The molecule has 0 saturated carbocycles. The topological polar surface area (TPSA) is 127 Å². The quantitative estimate of drug-likeness (QED) is 0.452. The normalized spacial score (nSPS) is 11.6. The lowest BCUT2D eigenvalue weighted by Crippen LogP contribution is -2.33. The molecule has 11 heteroatoms. The van der Waals surface area contributed by atoms with Crippen molar-refractivity contribution in [3.8, 4) is 0 Å². The van der Waals surface area contributed by atoms with Crippen LogP contribution >= 0.6 is 0 Å². The summed E-state index contributed by atoms with van der Waals surface area (Å²) in [6.07, 6.45) is 2.15. The van der Waals surface area contributed by atoms with Gasteiger partial charge in [0, 0.05) is 33.5 Å². The van der Waals surface area contributed by atoms with Crippen LogP contribution in [0.2, 0.25) is 0 Å². The lowest BCUT2D eigenvalue weighted by atomic mass is 10.0. The van der Waals surface area contributed by atoms with E-state index in [1.165, 1.54) is 17.0 Å². The maximum absolute atomic E-state index is 13.3. The zero-order valence-electron chi connectivity index (χ0n) is 20.2. The van der Waals surface area contributed by atoms with E-state index in [0.717, 1.165) is 10.6 Å². The number of anilines is 1. The number of pyridine rings is 1. The van der Waals surface area contributed by atoms with E-state index >= 15 is 0 Å². The zero-order chi connectivity index (χ0) is 25.9. The summed E-state index contributed by atoms with van der Waals surface area (Å²) in [6.45, 7) is 1.89. The number of amides is 2. The molecule has 2 N–H and O–H groups in total. The number of nitrogens with zero attached hydrogens (tertiary/aromatic N) is 3. The first-order valence-corrected chi connectivity index (χ1v) is 12.9. The second kappa shape index (κ2) is 10.4. The van der Waals surface area contributed by atoms with Crippen LogP contribution in [0, 0.1) is 5.82 Å². The smallest absolute Gasteiger partial charge is 0.252 e. The molecule has 2 aromatic heterocycles. The van der Waals surface area contributed by atoms with Gasteiger partial charge in [0.1, 0.15) is 17.4 Å². The molecule has 1 aromatic carbocycles. The summed E-state index contributed by atoms with van der Waals surface area (Å²) in [6, 6.07) is 7.42. The number of benzene rings is 1. The Kier molecular flexibility index (Phi) is 7.79. The van der Waals surface area contributed by atoms with Crippen LogP contribution in [0.4, 0.5) is 10.2 Å². The Morgan fingerprint density at radius 1 is 1.17 bits per heavy atom. The largest absolute Gasteiger partial charge is 0.441 e. The molecule has 2 heterocycles. The van der Waals surface area contributed by atoms with E-state index in [1.807, 2.05) is 6.92 Å². The molecule has 0 bridgehead atoms. The van der Waals surface area contributed by atoms with Gasteiger partial charge < -0.3 is 15.1 Å². The van der Waals surface area contributed by atoms with Gasteiger partial charge >= 0.3 is 0 Å². The summed E-state index contributed by atoms with van der Waals surface area (Å²) in [5, 5.41) is 0.381. The van der Waals surface area contributed by atoms with Crippen LogP contribution in [0.1, 0.15) is 47.0 Å². The predicted octanol–water partition coefficient (Wildman–Crippen LogP) is 2.85. The molecule has 0 radical (unpaired) electrons. The molecule has 0 aliphatic heterocycles. The van der Waals surface area contributed by atoms with Crippen LogP contribution in [-0.4, -0.2) is 57.0 Å². The standard InChI is InChI=1S/C24H29FN4O5S/c1-5-16-14-18-21(22(26)31)19(13-15-8-10-17(25)11-9-15)34-24(18)27-23(16)29(35(4,32)33)12-6-7-20(30)28(2)3/h8-11,14H,5-7,12-13H2,1-4H3,(H2,26,31). The first kappa shape index (κ1) is 26.1. The third kappa shape index (κ3) is 5.97. The first-order chi connectivity index (χ1) is 16.4. The molecule has 0 unspecified atom stereocenters. The van der Waals surface area contributed by atoms with Crippen LogP contribution in [0.5, 0.6) is 0 Å². The van der Waals surface area contributed by atoms with Crippen molar-refractivity contribution < 1.29 is 26.8 Å². The van der Waals surface area contributed by atoms with Gasteiger partial charge in [0.15, 0.2) is 0 Å². The number of furan rings is 1. The minimum absolute atomic E-state index is 0.0513. The van der Waals surface area contributed by atoms with Gasteiger partial charge in [0.05, 0.1) is 17.2 Å². The fourth-order valence-corrected chi connectivity index (χ4v) is 4.72. The van der Waals surface area contributed by atoms with E-state index < -0.39 is 15.9 Å². The summed E-state index contributed by atoms with van der Waals surface area (Å²) >= 11 is 0. The number of rotatable bonds is 10. The highest BCUT2D eigenvalue weighted by Gasteiger charge is 2.26. The van der Waals surface area contributed by atoms with Crippen molar-refractivity contribution in [3.63, 3.8) is 0 Å². The molecule has 0 spiro atoms. The maximum atomic E-state index is 13.3. The van der Waals surface area contributed by atoms with Gasteiger partial charge in [-0.2, -0.15) is 4.98 Å². The van der Waals surface area contributed by atoms with Crippen molar-refractivity contribution in [2.45, 2.75) is 32.6 Å². The van der Waals surface area contributed by atoms with Crippen LogP contribution in [-0.2, 0) is 27.7 Å². The molecule has 0 atom stereocenters. The fraction of sp³-hybridized carbons (Fsp3) is 0.375. The van der Waals surface area contributed by atoms with Crippen LogP contribution in [0.15, 0.2) is 34.7 Å². The van der Waals surface area contributed by atoms with Crippen molar-refractivity contribution in [2.75, 3.05) is 31.2 Å². The third-order valence-corrected chi connectivity index (χ3v) is 6.76. The second-order valence-electron chi connectivity index (χ2n) is 8.47. The Morgan fingerprint density at radius 2 is 1.83 bits per heavy atom. The molecule has 35 heavy (non-hydrogen) atoms. The van der Waals surface area contributed by atoms with Crippen molar-refractivity contribution >= 4 is 38.8 Å². The first-order valence-electron chi connectivity index (χ1n) is 11.1. The summed E-state index contributed by atoms with van der Waals surface area (Å²) < 4.78 is 45.6. The predicted molar refractivity (Wildman–Crippen MR) is 131 cm³/mol. The summed E-state index contributed by atoms with van der Waals surface area (Å²) in [7, 11) is -0.459. The number of hydrogen-bond acceptors (Lipinski definition) is 6. The van der Waals surface area contributed by atoms with E-state index in [2.05, 4.69) is 4.98 Å². The number of hydrogen-bond donors (Lipinski definition) is 1. The summed E-state index contributed by atoms with van der Waals surface area (Å²) in [4.78, 5) is 30.2. The molecule has 0 fully saturated rings. The number of carbonyl (C=O) groups excluding carboxylic acids is 2. The van der Waals surface area contributed by atoms with Gasteiger partial charge in [0.25, 0.3) is 5.91 Å². The summed E-state index contributed by atoms with van der Waals surface area (Å²) in [5.41, 5.74) is 7.16. The fourth-order valence-electron chi connectivity index (χ4n) is 3.79. The number of aromatic nitrogens is 1. The SMILES string of the molecule is CCc1cc2c(C(N)=O)c(Cc3ccc(F)cc3)oc2nc1N(CCCC(=O)N(C)C)S(C)(=O)=O. The average molecular weight is 505 g/mol. The zero-order valence-corrected chi connectivity index (χ0v) is 21.0. The Balaban J connectivity index is 2.07. The monoisotopic (exact) mass is 504 g/mol. The molecule has 188 valence electrons. The van der Waals surface area contributed by atoms with Gasteiger partial charge in [-0.1, -0.05) is 19.1 Å². The lowest BCUT2D eigenvalue weighted by molar-refractivity contribution is -0.128. The van der Waals surface area contributed by atoms with E-state index in [9.17, 15) is 22.4 Å². The molecule has 0 aliphatic carbocycles. The Labute approximate surface area is 203 Å². The summed E-state index contributed by atoms with van der Waals surface area (Å²) in [5.74, 6) is -0.772. The number of carbonyl (C=O) groups is 2. The number of sulfonamides is 1. The van der Waals surface area contributed by atoms with Crippen molar-refractivity contribution in [3.05, 3.63) is 58.6 Å². The minimum atomic E-state index is -3.73. The molecule has 0 saturated heterocycles. The number of aryl methyl sites for hydroxylation is 1. The molecule has 2 amide bonds. The highest BCUT2D eigenvalue weighted by atomic mass is 32.2. The number of primary amides is 1. The second-order valence-corrected chi connectivity index (χ2v) is 10.4. The Bertz CT molecular complexity index is 1350. The van der Waals surface area contributed by atoms with Crippen LogP contribution in [0.3, 0.4) is 0 Å².